The summed E-state index contributed by atoms with van der Waals surface area (Å²) < 4.78 is 28.1. The van der Waals surface area contributed by atoms with Crippen molar-refractivity contribution >= 4 is 38.9 Å². The van der Waals surface area contributed by atoms with Gasteiger partial charge in [-0.25, -0.2) is 8.42 Å². The highest BCUT2D eigenvalue weighted by molar-refractivity contribution is 7.92. The van der Waals surface area contributed by atoms with E-state index in [9.17, 15) is 13.2 Å². The summed E-state index contributed by atoms with van der Waals surface area (Å²) in [6.45, 7) is 0.388. The van der Waals surface area contributed by atoms with Crippen LogP contribution in [0.3, 0.4) is 0 Å². The number of carbonyl (C=O) groups excluding carboxylic acids is 1. The second-order valence-electron chi connectivity index (χ2n) is 6.90. The maximum atomic E-state index is 13.4. The van der Waals surface area contributed by atoms with Gasteiger partial charge in [-0.15, -0.1) is 0 Å². The molecule has 0 aliphatic carbocycles. The van der Waals surface area contributed by atoms with Gasteiger partial charge in [-0.05, 0) is 54.8 Å². The smallest absolute Gasteiger partial charge is 0.271 e. The number of hydrogen-bond acceptors (Lipinski definition) is 4. The van der Waals surface area contributed by atoms with Gasteiger partial charge in [0.1, 0.15) is 0 Å². The molecule has 154 valence electrons. The molecule has 30 heavy (non-hydrogen) atoms. The van der Waals surface area contributed by atoms with Crippen molar-refractivity contribution in [3.05, 3.63) is 88.9 Å². The van der Waals surface area contributed by atoms with E-state index in [4.69, 9.17) is 11.6 Å². The van der Waals surface area contributed by atoms with Crippen molar-refractivity contribution in [1.29, 1.82) is 0 Å². The summed E-state index contributed by atoms with van der Waals surface area (Å²) >= 11 is 6.19. The third kappa shape index (κ3) is 3.99. The average molecular weight is 442 g/mol. The molecular weight excluding hydrogens is 422 g/mol. The zero-order valence-electron chi connectivity index (χ0n) is 16.0. The second-order valence-corrected chi connectivity index (χ2v) is 9.17. The van der Waals surface area contributed by atoms with Gasteiger partial charge in [0.2, 0.25) is 0 Å². The van der Waals surface area contributed by atoms with E-state index in [-0.39, 0.29) is 15.5 Å². The molecular formula is C22H20ClN3O3S. The van der Waals surface area contributed by atoms with Gasteiger partial charge in [-0.1, -0.05) is 48.0 Å². The summed E-state index contributed by atoms with van der Waals surface area (Å²) in [6, 6.07) is 20.7. The molecule has 3 aromatic rings. The number of hydrogen-bond donors (Lipinski definition) is 2. The number of sulfonamides is 1. The van der Waals surface area contributed by atoms with E-state index in [0.29, 0.717) is 17.9 Å². The first kappa shape index (κ1) is 20.3. The van der Waals surface area contributed by atoms with E-state index in [1.807, 2.05) is 36.4 Å². The normalized spacial score (nSPS) is 13.4. The Morgan fingerprint density at radius 3 is 2.50 bits per heavy atom. The fourth-order valence-electron chi connectivity index (χ4n) is 3.43. The first-order chi connectivity index (χ1) is 14.5. The van der Waals surface area contributed by atoms with Crippen LogP contribution in [0.25, 0.3) is 0 Å². The van der Waals surface area contributed by atoms with Crippen LogP contribution >= 0.6 is 11.6 Å². The van der Waals surface area contributed by atoms with Crippen LogP contribution in [0, 0.1) is 0 Å². The van der Waals surface area contributed by atoms with Crippen LogP contribution in [0.1, 0.15) is 22.3 Å². The highest BCUT2D eigenvalue weighted by Gasteiger charge is 2.29. The zero-order valence-corrected chi connectivity index (χ0v) is 17.6. The molecule has 1 amide bonds. The Bertz CT molecular complexity index is 1180. The van der Waals surface area contributed by atoms with Crippen molar-refractivity contribution in [2.24, 2.45) is 0 Å². The molecule has 1 aliphatic heterocycles. The maximum absolute atomic E-state index is 13.4. The molecule has 0 saturated heterocycles. The van der Waals surface area contributed by atoms with Gasteiger partial charge in [0.25, 0.3) is 15.9 Å². The highest BCUT2D eigenvalue weighted by Crippen LogP contribution is 2.32. The number of rotatable bonds is 5. The van der Waals surface area contributed by atoms with Gasteiger partial charge in [-0.2, -0.15) is 0 Å². The Balaban J connectivity index is 1.62. The Kier molecular flexibility index (Phi) is 5.65. The largest absolute Gasteiger partial charge is 0.298 e. The lowest BCUT2D eigenvalue weighted by atomic mass is 10.0. The van der Waals surface area contributed by atoms with Gasteiger partial charge >= 0.3 is 0 Å². The van der Waals surface area contributed by atoms with E-state index in [1.165, 1.54) is 22.5 Å². The average Bonchev–Trinajstić information content (AvgIpc) is 2.78. The van der Waals surface area contributed by atoms with Crippen LogP contribution in [0.2, 0.25) is 5.02 Å². The summed E-state index contributed by atoms with van der Waals surface area (Å²) in [7, 11) is -3.84. The number of benzene rings is 3. The summed E-state index contributed by atoms with van der Waals surface area (Å²) in [4.78, 5) is 12.6. The van der Waals surface area contributed by atoms with Crippen molar-refractivity contribution in [3.8, 4) is 0 Å². The molecule has 1 aliphatic rings. The molecule has 8 heteroatoms. The number of halogens is 1. The van der Waals surface area contributed by atoms with Crippen LogP contribution in [0.15, 0.2) is 77.7 Å². The molecule has 0 spiro atoms. The number of carbonyl (C=O) groups is 1. The second kappa shape index (κ2) is 8.38. The monoisotopic (exact) mass is 441 g/mol. The lowest BCUT2D eigenvalue weighted by molar-refractivity contribution is 0.0962. The number of nitrogens with zero attached hydrogens (tertiary/aromatic N) is 1. The molecule has 0 radical (unpaired) electrons. The van der Waals surface area contributed by atoms with Gasteiger partial charge < -0.3 is 0 Å². The molecule has 2 N–H and O–H groups in total. The van der Waals surface area contributed by atoms with Crippen molar-refractivity contribution in [2.45, 2.75) is 17.7 Å². The van der Waals surface area contributed by atoms with E-state index >= 15 is 0 Å². The maximum Gasteiger partial charge on any atom is 0.271 e. The Morgan fingerprint density at radius 1 is 0.967 bits per heavy atom. The van der Waals surface area contributed by atoms with Crippen LogP contribution < -0.4 is 15.2 Å². The third-order valence-corrected chi connectivity index (χ3v) is 7.07. The molecule has 1 heterocycles. The number of aryl methyl sites for hydroxylation is 1. The minimum atomic E-state index is -3.84. The number of para-hydroxylation sites is 2. The van der Waals surface area contributed by atoms with Gasteiger partial charge in [0, 0.05) is 6.54 Å². The SMILES string of the molecule is O=C(NNc1ccccc1)c1cc(S(=O)(=O)N2CCCc3ccccc32)ccc1Cl. The minimum absolute atomic E-state index is 0.0217. The quantitative estimate of drug-likeness (QED) is 0.580. The summed E-state index contributed by atoms with van der Waals surface area (Å²) in [5.41, 5.74) is 7.77. The molecule has 6 nitrogen and oxygen atoms in total. The number of hydrazine groups is 1. The zero-order chi connectivity index (χ0) is 21.1. The Labute approximate surface area is 180 Å². The first-order valence-corrected chi connectivity index (χ1v) is 11.3. The van der Waals surface area contributed by atoms with Crippen LogP contribution in [0.5, 0.6) is 0 Å². The standard InChI is InChI=1S/C22H20ClN3O3S/c23-20-13-12-18(15-19(20)22(27)25-24-17-9-2-1-3-10-17)30(28,29)26-14-6-8-16-7-4-5-11-21(16)26/h1-5,7,9-13,15,24H,6,8,14H2,(H,25,27). The number of nitrogens with one attached hydrogen (secondary N) is 2. The molecule has 0 saturated carbocycles. The summed E-state index contributed by atoms with van der Waals surface area (Å²) in [5.74, 6) is -0.528. The van der Waals surface area contributed by atoms with E-state index in [1.54, 1.807) is 18.2 Å². The molecule has 0 unspecified atom stereocenters. The fraction of sp³-hybridized carbons (Fsp3) is 0.136. The molecule has 0 aromatic heterocycles. The molecule has 3 aromatic carbocycles. The Hall–Kier alpha value is -3.03. The van der Waals surface area contributed by atoms with Crippen LogP contribution in [-0.2, 0) is 16.4 Å². The van der Waals surface area contributed by atoms with Crippen molar-refractivity contribution in [1.82, 2.24) is 5.43 Å². The molecule has 4 rings (SSSR count). The number of amides is 1. The number of anilines is 2. The van der Waals surface area contributed by atoms with E-state index < -0.39 is 15.9 Å². The highest BCUT2D eigenvalue weighted by atomic mass is 35.5. The minimum Gasteiger partial charge on any atom is -0.298 e. The lowest BCUT2D eigenvalue weighted by Crippen LogP contribution is -2.35. The molecule has 0 atom stereocenters. The predicted molar refractivity (Wildman–Crippen MR) is 118 cm³/mol. The van der Waals surface area contributed by atoms with Crippen molar-refractivity contribution in [3.63, 3.8) is 0 Å². The third-order valence-electron chi connectivity index (χ3n) is 4.93. The first-order valence-electron chi connectivity index (χ1n) is 9.48. The Morgan fingerprint density at radius 2 is 1.70 bits per heavy atom. The van der Waals surface area contributed by atoms with Gasteiger partial charge in [0.15, 0.2) is 0 Å². The fourth-order valence-corrected chi connectivity index (χ4v) is 5.20. The lowest BCUT2D eigenvalue weighted by Gasteiger charge is -2.30. The number of fused-ring (bicyclic) bond motifs is 1. The van der Waals surface area contributed by atoms with Crippen molar-refractivity contribution < 1.29 is 13.2 Å². The van der Waals surface area contributed by atoms with Gasteiger partial charge in [-0.3, -0.25) is 20.0 Å². The van der Waals surface area contributed by atoms with Gasteiger partial charge in [0.05, 0.1) is 26.9 Å². The topological polar surface area (TPSA) is 78.5 Å². The van der Waals surface area contributed by atoms with Crippen LogP contribution in [-0.4, -0.2) is 20.9 Å². The van der Waals surface area contributed by atoms with E-state index in [0.717, 1.165) is 18.4 Å². The summed E-state index contributed by atoms with van der Waals surface area (Å²) in [6.07, 6.45) is 1.57. The molecule has 0 bridgehead atoms. The van der Waals surface area contributed by atoms with Crippen LogP contribution in [0.4, 0.5) is 11.4 Å². The summed E-state index contributed by atoms with van der Waals surface area (Å²) in [5, 5.41) is 0.167. The predicted octanol–water partition coefficient (Wildman–Crippen LogP) is 4.24. The molecule has 0 fully saturated rings. The van der Waals surface area contributed by atoms with Crippen molar-refractivity contribution in [2.75, 3.05) is 16.3 Å². The van der Waals surface area contributed by atoms with E-state index in [2.05, 4.69) is 10.9 Å².